The van der Waals surface area contributed by atoms with Crippen LogP contribution in [0.3, 0.4) is 0 Å². The summed E-state index contributed by atoms with van der Waals surface area (Å²) in [5, 5.41) is 0. The molecule has 0 saturated heterocycles. The quantitative estimate of drug-likeness (QED) is 0.495. The summed E-state index contributed by atoms with van der Waals surface area (Å²) in [5.74, 6) is 0. The molecule has 1 atom stereocenters. The number of rotatable bonds is 6. The van der Waals surface area contributed by atoms with Crippen molar-refractivity contribution in [1.29, 1.82) is 0 Å². The van der Waals surface area contributed by atoms with Crippen molar-refractivity contribution in [3.63, 3.8) is 0 Å². The van der Waals surface area contributed by atoms with Crippen molar-refractivity contribution in [2.45, 2.75) is 32.5 Å². The lowest BCUT2D eigenvalue weighted by molar-refractivity contribution is 0.337. The summed E-state index contributed by atoms with van der Waals surface area (Å²) >= 11 is 0. The van der Waals surface area contributed by atoms with Gasteiger partial charge < -0.3 is 4.52 Å². The van der Waals surface area contributed by atoms with Gasteiger partial charge in [-0.05, 0) is 13.3 Å². The van der Waals surface area contributed by atoms with Crippen LogP contribution in [0.25, 0.3) is 0 Å². The Labute approximate surface area is 77.8 Å². The number of hydrogen-bond donors (Lipinski definition) is 0. The molecule has 0 radical (unpaired) electrons. The zero-order valence-electron chi connectivity index (χ0n) is 8.67. The minimum atomic E-state index is -2.23. The first-order chi connectivity index (χ1) is 5.48. The van der Waals surface area contributed by atoms with Crippen LogP contribution in [0.1, 0.15) is 13.3 Å². The SMILES string of the molecule is CCOP(C)(=O)CCC[SiH](C)C. The molecule has 0 bridgehead atoms. The largest absolute Gasteiger partial charge is 0.329 e. The predicted octanol–water partition coefficient (Wildman–Crippen LogP) is 2.81. The van der Waals surface area contributed by atoms with E-state index in [1.807, 2.05) is 6.92 Å². The summed E-state index contributed by atoms with van der Waals surface area (Å²) in [6.07, 6.45) is 1.85. The highest BCUT2D eigenvalue weighted by atomic mass is 31.2. The topological polar surface area (TPSA) is 26.3 Å². The summed E-state index contributed by atoms with van der Waals surface area (Å²) in [5.41, 5.74) is 0. The van der Waals surface area contributed by atoms with Gasteiger partial charge in [-0.3, -0.25) is 4.57 Å². The smallest absolute Gasteiger partial charge is 0.200 e. The molecule has 0 amide bonds. The zero-order valence-corrected chi connectivity index (χ0v) is 10.7. The maximum atomic E-state index is 11.6. The highest BCUT2D eigenvalue weighted by molar-refractivity contribution is 7.58. The van der Waals surface area contributed by atoms with Gasteiger partial charge in [-0.2, -0.15) is 0 Å². The minimum Gasteiger partial charge on any atom is -0.329 e. The van der Waals surface area contributed by atoms with Crippen molar-refractivity contribution < 1.29 is 9.09 Å². The van der Waals surface area contributed by atoms with Crippen LogP contribution in [0.4, 0.5) is 0 Å². The predicted molar refractivity (Wildman–Crippen MR) is 58.3 cm³/mol. The molecule has 0 aliphatic rings. The Balaban J connectivity index is 3.54. The van der Waals surface area contributed by atoms with E-state index in [1.165, 1.54) is 6.04 Å². The third-order valence-corrected chi connectivity index (χ3v) is 5.24. The Bertz CT molecular complexity index is 159. The van der Waals surface area contributed by atoms with Gasteiger partial charge in [0.1, 0.15) is 0 Å². The van der Waals surface area contributed by atoms with E-state index in [9.17, 15) is 4.57 Å². The normalized spacial score (nSPS) is 16.4. The third kappa shape index (κ3) is 7.08. The van der Waals surface area contributed by atoms with E-state index in [-0.39, 0.29) is 0 Å². The van der Waals surface area contributed by atoms with E-state index in [4.69, 9.17) is 4.52 Å². The summed E-state index contributed by atoms with van der Waals surface area (Å²) in [7, 11) is -2.68. The van der Waals surface area contributed by atoms with Gasteiger partial charge in [0.2, 0.25) is 0 Å². The lowest BCUT2D eigenvalue weighted by atomic mass is 10.6. The maximum Gasteiger partial charge on any atom is 0.200 e. The Morgan fingerprint density at radius 1 is 1.42 bits per heavy atom. The van der Waals surface area contributed by atoms with Crippen molar-refractivity contribution in [2.24, 2.45) is 0 Å². The van der Waals surface area contributed by atoms with Crippen molar-refractivity contribution in [3.8, 4) is 0 Å². The molecular weight excluding hydrogens is 187 g/mol. The van der Waals surface area contributed by atoms with Crippen LogP contribution in [0.5, 0.6) is 0 Å². The molecule has 0 heterocycles. The summed E-state index contributed by atoms with van der Waals surface area (Å²) in [4.78, 5) is 0. The van der Waals surface area contributed by atoms with Gasteiger partial charge >= 0.3 is 0 Å². The van der Waals surface area contributed by atoms with Crippen molar-refractivity contribution in [2.75, 3.05) is 19.4 Å². The first-order valence-corrected chi connectivity index (χ1v) is 10.1. The van der Waals surface area contributed by atoms with E-state index in [0.29, 0.717) is 6.61 Å². The first-order valence-electron chi connectivity index (χ1n) is 4.69. The highest BCUT2D eigenvalue weighted by Gasteiger charge is 2.14. The maximum absolute atomic E-state index is 11.6. The van der Waals surface area contributed by atoms with Crippen molar-refractivity contribution in [1.82, 2.24) is 0 Å². The van der Waals surface area contributed by atoms with Crippen LogP contribution >= 0.6 is 7.37 Å². The Morgan fingerprint density at radius 2 is 2.00 bits per heavy atom. The van der Waals surface area contributed by atoms with E-state index in [1.54, 1.807) is 6.66 Å². The molecule has 74 valence electrons. The second-order valence-corrected chi connectivity index (χ2v) is 9.79. The highest BCUT2D eigenvalue weighted by Crippen LogP contribution is 2.43. The second-order valence-electron chi connectivity index (χ2n) is 3.69. The van der Waals surface area contributed by atoms with E-state index in [2.05, 4.69) is 13.1 Å². The van der Waals surface area contributed by atoms with Crippen molar-refractivity contribution >= 4 is 16.2 Å². The monoisotopic (exact) mass is 208 g/mol. The standard InChI is InChI=1S/C8H21O2PSi/c1-5-10-11(2,9)7-6-8-12(3)4/h12H,5-8H2,1-4H3. The second kappa shape index (κ2) is 5.95. The lowest BCUT2D eigenvalue weighted by Crippen LogP contribution is -2.01. The fourth-order valence-electron chi connectivity index (χ4n) is 1.12. The van der Waals surface area contributed by atoms with Crippen LogP contribution in [-0.4, -0.2) is 28.2 Å². The van der Waals surface area contributed by atoms with Gasteiger partial charge in [0.05, 0.1) is 6.61 Å². The Hall–Kier alpha value is 0.407. The molecule has 4 heteroatoms. The molecule has 0 aromatic carbocycles. The van der Waals surface area contributed by atoms with Gasteiger partial charge in [-0.1, -0.05) is 19.1 Å². The molecule has 0 N–H and O–H groups in total. The van der Waals surface area contributed by atoms with Gasteiger partial charge in [-0.15, -0.1) is 0 Å². The molecular formula is C8H21O2PSi. The van der Waals surface area contributed by atoms with E-state index >= 15 is 0 Å². The molecule has 0 spiro atoms. The third-order valence-electron chi connectivity index (χ3n) is 1.75. The zero-order chi connectivity index (χ0) is 9.61. The minimum absolute atomic E-state index is 0.457. The van der Waals surface area contributed by atoms with Crippen molar-refractivity contribution in [3.05, 3.63) is 0 Å². The molecule has 0 aliphatic heterocycles. The summed E-state index contributed by atoms with van der Waals surface area (Å²) in [6.45, 7) is 8.86. The van der Waals surface area contributed by atoms with Gasteiger partial charge in [0.25, 0.3) is 0 Å². The van der Waals surface area contributed by atoms with Crippen LogP contribution in [0.2, 0.25) is 19.1 Å². The van der Waals surface area contributed by atoms with Gasteiger partial charge in [-0.25, -0.2) is 0 Å². The van der Waals surface area contributed by atoms with Crippen LogP contribution in [0.15, 0.2) is 0 Å². The molecule has 0 saturated carbocycles. The van der Waals surface area contributed by atoms with Crippen LogP contribution in [-0.2, 0) is 9.09 Å². The summed E-state index contributed by atoms with van der Waals surface area (Å²) < 4.78 is 16.8. The average Bonchev–Trinajstić information content (AvgIpc) is 1.85. The fraction of sp³-hybridized carbons (Fsp3) is 1.00. The van der Waals surface area contributed by atoms with E-state index in [0.717, 1.165) is 12.6 Å². The Kier molecular flexibility index (Phi) is 6.15. The molecule has 0 aromatic heterocycles. The number of hydrogen-bond acceptors (Lipinski definition) is 2. The Morgan fingerprint density at radius 3 is 2.42 bits per heavy atom. The molecule has 2 nitrogen and oxygen atoms in total. The molecule has 0 aliphatic carbocycles. The molecule has 0 rings (SSSR count). The van der Waals surface area contributed by atoms with Crippen LogP contribution < -0.4 is 0 Å². The lowest BCUT2D eigenvalue weighted by Gasteiger charge is -2.12. The fourth-order valence-corrected chi connectivity index (χ4v) is 3.92. The molecule has 0 fully saturated rings. The van der Waals surface area contributed by atoms with E-state index < -0.39 is 16.2 Å². The molecule has 12 heavy (non-hydrogen) atoms. The molecule has 0 aromatic rings. The average molecular weight is 208 g/mol. The summed E-state index contributed by atoms with van der Waals surface area (Å²) in [6, 6.07) is 1.28. The van der Waals surface area contributed by atoms with Crippen LogP contribution in [0, 0.1) is 0 Å². The molecule has 1 unspecified atom stereocenters. The first kappa shape index (κ1) is 12.4. The van der Waals surface area contributed by atoms with Gasteiger partial charge in [0.15, 0.2) is 7.37 Å². The van der Waals surface area contributed by atoms with Gasteiger partial charge in [0, 0.05) is 21.6 Å².